The number of hydrogen-bond donors (Lipinski definition) is 0. The van der Waals surface area contributed by atoms with Gasteiger partial charge in [-0.25, -0.2) is 0 Å². The maximum absolute atomic E-state index is 6.04. The van der Waals surface area contributed by atoms with Crippen LogP contribution < -0.4 is 0 Å². The van der Waals surface area contributed by atoms with E-state index < -0.39 is 0 Å². The first-order valence-corrected chi connectivity index (χ1v) is 7.63. The Balaban J connectivity index is 0.00000133. The van der Waals surface area contributed by atoms with E-state index in [2.05, 4.69) is 24.0 Å². The van der Waals surface area contributed by atoms with Crippen molar-refractivity contribution in [3.8, 4) is 0 Å². The van der Waals surface area contributed by atoms with Gasteiger partial charge in [0, 0.05) is 0 Å². The quantitative estimate of drug-likeness (QED) is 0.785. The number of likely N-dealkylation sites (tertiary alicyclic amines) is 1. The van der Waals surface area contributed by atoms with E-state index >= 15 is 0 Å². The van der Waals surface area contributed by atoms with Gasteiger partial charge in [-0.15, -0.1) is 12.4 Å². The molecule has 0 amide bonds. The molecule has 19 heavy (non-hydrogen) atoms. The molecule has 0 N–H and O–H groups in total. The number of piperidine rings is 1. The Morgan fingerprint density at radius 1 is 0.947 bits per heavy atom. The van der Waals surface area contributed by atoms with Crippen LogP contribution in [0.4, 0.5) is 0 Å². The number of furan rings is 1. The Labute approximate surface area is 123 Å². The normalized spacial score (nSPS) is 23.8. The topological polar surface area (TPSA) is 16.4 Å². The zero-order chi connectivity index (χ0) is 12.4. The molecular formula is C16H26ClNO. The van der Waals surface area contributed by atoms with Gasteiger partial charge in [0.25, 0.3) is 0 Å². The molecule has 1 aliphatic carbocycles. The molecule has 2 fully saturated rings. The van der Waals surface area contributed by atoms with E-state index in [1.54, 1.807) is 0 Å². The van der Waals surface area contributed by atoms with Crippen molar-refractivity contribution in [2.45, 2.75) is 63.8 Å². The maximum Gasteiger partial charge on any atom is 0.124 e. The number of rotatable bonds is 2. The first kappa shape index (κ1) is 14.9. The molecule has 2 nitrogen and oxygen atoms in total. The van der Waals surface area contributed by atoms with Gasteiger partial charge in [0.05, 0.1) is 5.54 Å². The SMILES string of the molecule is Cc1ccc(C2(N3CCCCC3)CCCCC2)o1.Cl. The van der Waals surface area contributed by atoms with Crippen molar-refractivity contribution < 1.29 is 4.42 Å². The summed E-state index contributed by atoms with van der Waals surface area (Å²) >= 11 is 0. The van der Waals surface area contributed by atoms with Crippen molar-refractivity contribution in [1.82, 2.24) is 4.90 Å². The van der Waals surface area contributed by atoms with Crippen LogP contribution in [0.1, 0.15) is 62.9 Å². The molecular weight excluding hydrogens is 258 g/mol. The third-order valence-electron chi connectivity index (χ3n) is 4.84. The average molecular weight is 284 g/mol. The summed E-state index contributed by atoms with van der Waals surface area (Å²) in [5.41, 5.74) is 0.229. The van der Waals surface area contributed by atoms with Crippen molar-refractivity contribution in [3.63, 3.8) is 0 Å². The summed E-state index contributed by atoms with van der Waals surface area (Å²) in [6, 6.07) is 4.37. The molecule has 2 heterocycles. The van der Waals surface area contributed by atoms with Gasteiger partial charge in [-0.3, -0.25) is 4.90 Å². The van der Waals surface area contributed by atoms with E-state index in [4.69, 9.17) is 4.42 Å². The Kier molecular flexibility index (Phi) is 4.97. The molecule has 0 atom stereocenters. The number of nitrogens with zero attached hydrogens (tertiary/aromatic N) is 1. The fourth-order valence-corrected chi connectivity index (χ4v) is 3.86. The van der Waals surface area contributed by atoms with Crippen molar-refractivity contribution >= 4 is 12.4 Å². The van der Waals surface area contributed by atoms with Crippen LogP contribution in [0.3, 0.4) is 0 Å². The largest absolute Gasteiger partial charge is 0.464 e. The zero-order valence-corrected chi connectivity index (χ0v) is 12.8. The summed E-state index contributed by atoms with van der Waals surface area (Å²) in [4.78, 5) is 2.73. The van der Waals surface area contributed by atoms with E-state index in [0.29, 0.717) is 0 Å². The molecule has 1 saturated carbocycles. The summed E-state index contributed by atoms with van der Waals surface area (Å²) in [6.07, 6.45) is 10.8. The number of halogens is 1. The van der Waals surface area contributed by atoms with E-state index in [-0.39, 0.29) is 17.9 Å². The van der Waals surface area contributed by atoms with Gasteiger partial charge in [-0.1, -0.05) is 25.7 Å². The molecule has 3 heteroatoms. The lowest BCUT2D eigenvalue weighted by molar-refractivity contribution is 0.0127. The highest BCUT2D eigenvalue weighted by atomic mass is 35.5. The van der Waals surface area contributed by atoms with Gasteiger partial charge in [0.15, 0.2) is 0 Å². The number of hydrogen-bond acceptors (Lipinski definition) is 2. The zero-order valence-electron chi connectivity index (χ0n) is 12.0. The molecule has 2 aliphatic rings. The van der Waals surface area contributed by atoms with Crippen LogP contribution in [0.2, 0.25) is 0 Å². The highest BCUT2D eigenvalue weighted by Crippen LogP contribution is 2.44. The lowest BCUT2D eigenvalue weighted by Gasteiger charge is -2.47. The van der Waals surface area contributed by atoms with Gasteiger partial charge in [0.2, 0.25) is 0 Å². The third kappa shape index (κ3) is 2.85. The summed E-state index contributed by atoms with van der Waals surface area (Å²) < 4.78 is 6.04. The smallest absolute Gasteiger partial charge is 0.124 e. The monoisotopic (exact) mass is 283 g/mol. The van der Waals surface area contributed by atoms with Gasteiger partial charge in [-0.05, 0) is 57.8 Å². The van der Waals surface area contributed by atoms with Gasteiger partial charge in [0.1, 0.15) is 11.5 Å². The van der Waals surface area contributed by atoms with Crippen LogP contribution in [0, 0.1) is 6.92 Å². The van der Waals surface area contributed by atoms with Crippen LogP contribution >= 0.6 is 12.4 Å². The minimum atomic E-state index is 0. The second-order valence-corrected chi connectivity index (χ2v) is 6.05. The van der Waals surface area contributed by atoms with Crippen molar-refractivity contribution in [3.05, 3.63) is 23.7 Å². The second kappa shape index (κ2) is 6.32. The maximum atomic E-state index is 6.04. The molecule has 0 bridgehead atoms. The third-order valence-corrected chi connectivity index (χ3v) is 4.84. The Morgan fingerprint density at radius 3 is 2.16 bits per heavy atom. The second-order valence-electron chi connectivity index (χ2n) is 6.05. The van der Waals surface area contributed by atoms with Crippen LogP contribution in [0.5, 0.6) is 0 Å². The van der Waals surface area contributed by atoms with Crippen LogP contribution in [0.25, 0.3) is 0 Å². The lowest BCUT2D eigenvalue weighted by Crippen LogP contribution is -2.49. The standard InChI is InChI=1S/C16H25NO.ClH/c1-14-8-9-15(18-14)16(10-4-2-5-11-16)17-12-6-3-7-13-17;/h8-9H,2-7,10-13H2,1H3;1H. The summed E-state index contributed by atoms with van der Waals surface area (Å²) in [7, 11) is 0. The van der Waals surface area contributed by atoms with Crippen molar-refractivity contribution in [1.29, 1.82) is 0 Å². The highest BCUT2D eigenvalue weighted by molar-refractivity contribution is 5.85. The summed E-state index contributed by atoms with van der Waals surface area (Å²) in [5, 5.41) is 0. The molecule has 0 aromatic carbocycles. The fourth-order valence-electron chi connectivity index (χ4n) is 3.86. The molecule has 0 radical (unpaired) electrons. The summed E-state index contributed by atoms with van der Waals surface area (Å²) in [5.74, 6) is 2.30. The molecule has 108 valence electrons. The molecule has 1 saturated heterocycles. The van der Waals surface area contributed by atoms with E-state index in [0.717, 1.165) is 5.76 Å². The van der Waals surface area contributed by atoms with E-state index in [9.17, 15) is 0 Å². The Morgan fingerprint density at radius 2 is 1.58 bits per heavy atom. The average Bonchev–Trinajstić information content (AvgIpc) is 2.88. The molecule has 3 rings (SSSR count). The predicted octanol–water partition coefficient (Wildman–Crippen LogP) is 4.66. The minimum Gasteiger partial charge on any atom is -0.464 e. The first-order chi connectivity index (χ1) is 8.81. The molecule has 1 aromatic heterocycles. The predicted molar refractivity (Wildman–Crippen MR) is 80.9 cm³/mol. The highest BCUT2D eigenvalue weighted by Gasteiger charge is 2.42. The Hall–Kier alpha value is -0.470. The van der Waals surface area contributed by atoms with Crippen LogP contribution in [0.15, 0.2) is 16.5 Å². The minimum absolute atomic E-state index is 0. The molecule has 0 unspecified atom stereocenters. The first-order valence-electron chi connectivity index (χ1n) is 7.63. The molecule has 1 aromatic rings. The number of aryl methyl sites for hydroxylation is 1. The van der Waals surface area contributed by atoms with Crippen LogP contribution in [-0.2, 0) is 5.54 Å². The van der Waals surface area contributed by atoms with Gasteiger partial charge in [-0.2, -0.15) is 0 Å². The summed E-state index contributed by atoms with van der Waals surface area (Å²) in [6.45, 7) is 4.59. The lowest BCUT2D eigenvalue weighted by atomic mass is 9.77. The van der Waals surface area contributed by atoms with Gasteiger partial charge >= 0.3 is 0 Å². The van der Waals surface area contributed by atoms with Gasteiger partial charge < -0.3 is 4.42 Å². The van der Waals surface area contributed by atoms with E-state index in [1.807, 2.05) is 0 Å². The van der Waals surface area contributed by atoms with Crippen LogP contribution in [-0.4, -0.2) is 18.0 Å². The van der Waals surface area contributed by atoms with E-state index in [1.165, 1.54) is 70.2 Å². The van der Waals surface area contributed by atoms with Crippen molar-refractivity contribution in [2.75, 3.05) is 13.1 Å². The molecule has 0 spiro atoms. The fraction of sp³-hybridized carbons (Fsp3) is 0.750. The van der Waals surface area contributed by atoms with Crippen molar-refractivity contribution in [2.24, 2.45) is 0 Å². The molecule has 1 aliphatic heterocycles. The Bertz CT molecular complexity index is 389.